The molecule has 0 aliphatic heterocycles. The second kappa shape index (κ2) is 10.1. The average molecular weight is 542 g/mol. The molecule has 4 bridgehead atoms. The fraction of sp³-hybridized carbons (Fsp3) is 0.680. The summed E-state index contributed by atoms with van der Waals surface area (Å²) in [6, 6.07) is -0.312. The van der Waals surface area contributed by atoms with Crippen LogP contribution in [0.1, 0.15) is 68.9 Å². The van der Waals surface area contributed by atoms with Gasteiger partial charge in [-0.05, 0) is 76.7 Å². The fourth-order valence-corrected chi connectivity index (χ4v) is 6.45. The van der Waals surface area contributed by atoms with E-state index in [1.807, 2.05) is 0 Å². The third-order valence-electron chi connectivity index (χ3n) is 7.70. The molecule has 210 valence electrons. The number of rotatable bonds is 7. The Bertz CT molecular complexity index is 1100. The third kappa shape index (κ3) is 5.75. The molecule has 0 aromatic carbocycles. The van der Waals surface area contributed by atoms with Gasteiger partial charge in [-0.1, -0.05) is 0 Å². The number of aromatic nitrogens is 2. The smallest absolute Gasteiger partial charge is 0.434 e. The predicted molar refractivity (Wildman–Crippen MR) is 130 cm³/mol. The molecule has 1 heterocycles. The molecule has 0 spiro atoms. The number of nitrogens with one attached hydrogen (secondary N) is 3. The molecule has 3 amide bonds. The van der Waals surface area contributed by atoms with Crippen molar-refractivity contribution in [2.24, 2.45) is 17.8 Å². The van der Waals surface area contributed by atoms with Gasteiger partial charge in [-0.2, -0.15) is 18.3 Å². The van der Waals surface area contributed by atoms with Crippen molar-refractivity contribution in [3.05, 3.63) is 23.5 Å². The maximum atomic E-state index is 14.1. The van der Waals surface area contributed by atoms with E-state index in [-0.39, 0.29) is 17.9 Å². The molecule has 0 radical (unpaired) electrons. The van der Waals surface area contributed by atoms with E-state index in [0.29, 0.717) is 30.0 Å². The van der Waals surface area contributed by atoms with Crippen molar-refractivity contribution in [1.29, 1.82) is 0 Å². The van der Waals surface area contributed by atoms with E-state index >= 15 is 0 Å². The summed E-state index contributed by atoms with van der Waals surface area (Å²) in [5.74, 6) is -0.473. The SMILES string of the molecule is CCNC(=O)OC12CC3CC(C1)C(NC(=O)c1cnn(/C=C/C(C)(C)NC(=O)OC)c1C(F)(F)F)C(C3)C2. The standard InChI is InChI=1S/C25H34F3N5O5/c1-5-29-21(35)38-24-10-14-8-15(11-24)18(16(9-14)12-24)31-20(34)17-13-30-33(19(17)25(26,27)28)7-6-23(2,3)32-22(36)37-4/h6-7,13-16,18H,5,8-12H2,1-4H3,(H,29,35)(H,31,34)(H,32,36)/b7-6+. The zero-order valence-corrected chi connectivity index (χ0v) is 21.9. The van der Waals surface area contributed by atoms with E-state index < -0.39 is 46.7 Å². The molecule has 4 aliphatic rings. The molecule has 2 unspecified atom stereocenters. The van der Waals surface area contributed by atoms with Crippen molar-refractivity contribution in [1.82, 2.24) is 25.7 Å². The summed E-state index contributed by atoms with van der Waals surface area (Å²) in [4.78, 5) is 36.8. The van der Waals surface area contributed by atoms with Gasteiger partial charge >= 0.3 is 18.4 Å². The van der Waals surface area contributed by atoms with Crippen molar-refractivity contribution in [3.8, 4) is 0 Å². The zero-order chi connectivity index (χ0) is 27.9. The van der Waals surface area contributed by atoms with Crippen LogP contribution in [0.4, 0.5) is 22.8 Å². The Balaban J connectivity index is 1.51. The van der Waals surface area contributed by atoms with Gasteiger partial charge in [0.1, 0.15) is 5.60 Å². The highest BCUT2D eigenvalue weighted by Crippen LogP contribution is 2.57. The number of alkyl halides is 3. The van der Waals surface area contributed by atoms with Crippen LogP contribution < -0.4 is 16.0 Å². The molecular formula is C25H34F3N5O5. The van der Waals surface area contributed by atoms with Gasteiger partial charge in [0.05, 0.1) is 24.4 Å². The van der Waals surface area contributed by atoms with E-state index in [0.717, 1.165) is 31.7 Å². The maximum Gasteiger partial charge on any atom is 0.434 e. The minimum absolute atomic E-state index is 0.00843. The summed E-state index contributed by atoms with van der Waals surface area (Å²) < 4.78 is 53.1. The van der Waals surface area contributed by atoms with E-state index in [2.05, 4.69) is 25.8 Å². The first-order valence-electron chi connectivity index (χ1n) is 12.7. The zero-order valence-electron chi connectivity index (χ0n) is 21.9. The van der Waals surface area contributed by atoms with Crippen molar-refractivity contribution in [2.45, 2.75) is 76.2 Å². The van der Waals surface area contributed by atoms with Crippen LogP contribution in [0.2, 0.25) is 0 Å². The second-order valence-corrected chi connectivity index (χ2v) is 11.1. The normalized spacial score (nSPS) is 28.3. The number of carbonyl (C=O) groups is 3. The molecule has 4 saturated carbocycles. The lowest BCUT2D eigenvalue weighted by Gasteiger charge is -2.59. The third-order valence-corrected chi connectivity index (χ3v) is 7.70. The number of carbonyl (C=O) groups excluding carboxylic acids is 3. The number of halogens is 3. The van der Waals surface area contributed by atoms with E-state index in [9.17, 15) is 27.6 Å². The Morgan fingerprint density at radius 3 is 2.39 bits per heavy atom. The Hall–Kier alpha value is -3.25. The van der Waals surface area contributed by atoms with Gasteiger partial charge in [-0.3, -0.25) is 4.79 Å². The number of alkyl carbamates (subject to hydrolysis) is 2. The van der Waals surface area contributed by atoms with Crippen LogP contribution in [0.5, 0.6) is 0 Å². The number of nitrogens with zero attached hydrogens (tertiary/aromatic N) is 2. The van der Waals surface area contributed by atoms with Crippen LogP contribution in [-0.4, -0.2) is 58.7 Å². The minimum atomic E-state index is -4.86. The van der Waals surface area contributed by atoms with Crippen LogP contribution in [-0.2, 0) is 15.7 Å². The number of methoxy groups -OCH3 is 1. The monoisotopic (exact) mass is 541 g/mol. The summed E-state index contributed by atoms with van der Waals surface area (Å²) >= 11 is 0. The van der Waals surface area contributed by atoms with Gasteiger partial charge in [0, 0.05) is 18.8 Å². The van der Waals surface area contributed by atoms with Gasteiger partial charge in [0.2, 0.25) is 0 Å². The molecule has 1 aromatic rings. The van der Waals surface area contributed by atoms with Gasteiger partial charge in [-0.25, -0.2) is 14.3 Å². The van der Waals surface area contributed by atoms with Crippen molar-refractivity contribution in [2.75, 3.05) is 13.7 Å². The summed E-state index contributed by atoms with van der Waals surface area (Å²) in [6.45, 7) is 5.40. The fourth-order valence-electron chi connectivity index (χ4n) is 6.45. The highest BCUT2D eigenvalue weighted by molar-refractivity contribution is 5.95. The quantitative estimate of drug-likeness (QED) is 0.481. The average Bonchev–Trinajstić information content (AvgIpc) is 3.24. The molecule has 2 atom stereocenters. The van der Waals surface area contributed by atoms with Crippen LogP contribution in [0.15, 0.2) is 12.3 Å². The van der Waals surface area contributed by atoms with E-state index in [4.69, 9.17) is 4.74 Å². The molecule has 10 nitrogen and oxygen atoms in total. The highest BCUT2D eigenvalue weighted by atomic mass is 19.4. The Morgan fingerprint density at radius 2 is 1.82 bits per heavy atom. The first-order chi connectivity index (χ1) is 17.8. The molecule has 3 N–H and O–H groups in total. The predicted octanol–water partition coefficient (Wildman–Crippen LogP) is 3.93. The first-order valence-corrected chi connectivity index (χ1v) is 12.7. The topological polar surface area (TPSA) is 124 Å². The number of hydrogen-bond donors (Lipinski definition) is 3. The lowest BCUT2D eigenvalue weighted by Crippen LogP contribution is -2.63. The number of hydrogen-bond acceptors (Lipinski definition) is 6. The molecule has 4 fully saturated rings. The van der Waals surface area contributed by atoms with Crippen molar-refractivity contribution in [3.63, 3.8) is 0 Å². The van der Waals surface area contributed by atoms with Gasteiger partial charge < -0.3 is 25.4 Å². The lowest BCUT2D eigenvalue weighted by molar-refractivity contribution is -0.143. The summed E-state index contributed by atoms with van der Waals surface area (Å²) in [5, 5.41) is 11.8. The Labute approximate surface area is 218 Å². The summed E-state index contributed by atoms with van der Waals surface area (Å²) in [7, 11) is 1.18. The Kier molecular flexibility index (Phi) is 7.41. The van der Waals surface area contributed by atoms with Crippen LogP contribution in [0, 0.1) is 17.8 Å². The van der Waals surface area contributed by atoms with E-state index in [1.165, 1.54) is 13.2 Å². The molecule has 1 aromatic heterocycles. The van der Waals surface area contributed by atoms with Crippen molar-refractivity contribution < 1.29 is 37.0 Å². The minimum Gasteiger partial charge on any atom is -0.453 e. The second-order valence-electron chi connectivity index (χ2n) is 11.1. The van der Waals surface area contributed by atoms with Gasteiger partial charge in [-0.15, -0.1) is 0 Å². The molecule has 4 aliphatic carbocycles. The van der Waals surface area contributed by atoms with Crippen LogP contribution in [0.25, 0.3) is 6.20 Å². The number of amides is 3. The largest absolute Gasteiger partial charge is 0.453 e. The first kappa shape index (κ1) is 27.8. The number of ether oxygens (including phenoxy) is 2. The molecule has 38 heavy (non-hydrogen) atoms. The lowest BCUT2D eigenvalue weighted by atomic mass is 9.52. The van der Waals surface area contributed by atoms with Gasteiger partial charge in [0.25, 0.3) is 5.91 Å². The van der Waals surface area contributed by atoms with Crippen LogP contribution >= 0.6 is 0 Å². The molecule has 5 rings (SSSR count). The molecular weight excluding hydrogens is 507 g/mol. The summed E-state index contributed by atoms with van der Waals surface area (Å²) in [6.07, 6.45) is 0.784. The molecule has 13 heteroatoms. The van der Waals surface area contributed by atoms with Crippen molar-refractivity contribution >= 4 is 24.3 Å². The summed E-state index contributed by atoms with van der Waals surface area (Å²) in [5.41, 5.74) is -3.42. The Morgan fingerprint density at radius 1 is 1.16 bits per heavy atom. The molecule has 0 saturated heterocycles. The maximum absolute atomic E-state index is 14.1. The van der Waals surface area contributed by atoms with Gasteiger partial charge in [0.15, 0.2) is 5.69 Å². The van der Waals surface area contributed by atoms with E-state index in [1.54, 1.807) is 20.8 Å². The van der Waals surface area contributed by atoms with Crippen LogP contribution in [0.3, 0.4) is 0 Å². The highest BCUT2D eigenvalue weighted by Gasteiger charge is 2.58.